The van der Waals surface area contributed by atoms with E-state index in [1.54, 1.807) is 25.1 Å². The maximum Gasteiger partial charge on any atom is 0.291 e. The highest BCUT2D eigenvalue weighted by molar-refractivity contribution is 9.10. The van der Waals surface area contributed by atoms with Gasteiger partial charge in [-0.25, -0.2) is 0 Å². The average molecular weight is 463 g/mol. The van der Waals surface area contributed by atoms with Gasteiger partial charge in [0.2, 0.25) is 0 Å². The van der Waals surface area contributed by atoms with E-state index in [1.165, 1.54) is 0 Å². The summed E-state index contributed by atoms with van der Waals surface area (Å²) in [5.74, 6) is -0.343. The molecule has 0 unspecified atom stereocenters. The summed E-state index contributed by atoms with van der Waals surface area (Å²) in [4.78, 5) is 25.6. The average Bonchev–Trinajstić information content (AvgIpc) is 3.06. The number of para-hydroxylation sites is 1. The summed E-state index contributed by atoms with van der Waals surface area (Å²) in [6.07, 6.45) is 0. The van der Waals surface area contributed by atoms with Gasteiger partial charge in [-0.1, -0.05) is 40.2 Å². The lowest BCUT2D eigenvalue weighted by Gasteiger charge is -2.12. The predicted molar refractivity (Wildman–Crippen MR) is 122 cm³/mol. The Kier molecular flexibility index (Phi) is 5.42. The molecule has 30 heavy (non-hydrogen) atoms. The monoisotopic (exact) mass is 462 g/mol. The molecule has 0 aliphatic heterocycles. The fraction of sp³-hybridized carbons (Fsp3) is 0.0833. The number of fused-ring (bicyclic) bond motifs is 1. The van der Waals surface area contributed by atoms with Gasteiger partial charge in [-0.3, -0.25) is 9.59 Å². The van der Waals surface area contributed by atoms with E-state index in [0.717, 1.165) is 15.4 Å². The van der Waals surface area contributed by atoms with E-state index in [2.05, 4.69) is 26.6 Å². The first-order valence-electron chi connectivity index (χ1n) is 9.40. The number of furan rings is 1. The molecule has 0 radical (unpaired) electrons. The number of halogens is 1. The number of aryl methyl sites for hydroxylation is 1. The Labute approximate surface area is 182 Å². The zero-order valence-corrected chi connectivity index (χ0v) is 18.0. The van der Waals surface area contributed by atoms with Crippen LogP contribution in [0.4, 0.5) is 11.4 Å². The smallest absolute Gasteiger partial charge is 0.291 e. The molecular weight excluding hydrogens is 444 g/mol. The molecule has 4 rings (SSSR count). The molecule has 6 heteroatoms. The van der Waals surface area contributed by atoms with Crippen LogP contribution in [0.2, 0.25) is 0 Å². The van der Waals surface area contributed by atoms with E-state index in [9.17, 15) is 9.59 Å². The van der Waals surface area contributed by atoms with Crippen LogP contribution in [0.15, 0.2) is 75.6 Å². The molecule has 4 aromatic rings. The largest absolute Gasteiger partial charge is 0.451 e. The molecule has 1 heterocycles. The van der Waals surface area contributed by atoms with Crippen LogP contribution >= 0.6 is 15.9 Å². The molecule has 0 aliphatic carbocycles. The Morgan fingerprint density at radius 2 is 1.60 bits per heavy atom. The fourth-order valence-electron chi connectivity index (χ4n) is 3.33. The number of hydrogen-bond acceptors (Lipinski definition) is 3. The van der Waals surface area contributed by atoms with Crippen molar-refractivity contribution in [3.05, 3.63) is 93.7 Å². The van der Waals surface area contributed by atoms with Crippen LogP contribution in [0.25, 0.3) is 11.0 Å². The van der Waals surface area contributed by atoms with Crippen molar-refractivity contribution in [2.75, 3.05) is 10.6 Å². The number of anilines is 2. The van der Waals surface area contributed by atoms with Gasteiger partial charge in [0.25, 0.3) is 11.8 Å². The number of benzene rings is 3. The van der Waals surface area contributed by atoms with Crippen LogP contribution in [0.5, 0.6) is 0 Å². The Hall–Kier alpha value is -3.38. The first-order valence-corrected chi connectivity index (χ1v) is 10.2. The van der Waals surface area contributed by atoms with E-state index in [4.69, 9.17) is 4.42 Å². The molecule has 0 atom stereocenters. The molecule has 0 spiro atoms. The summed E-state index contributed by atoms with van der Waals surface area (Å²) in [5, 5.41) is 6.62. The summed E-state index contributed by atoms with van der Waals surface area (Å²) >= 11 is 3.44. The van der Waals surface area contributed by atoms with E-state index < -0.39 is 0 Å². The van der Waals surface area contributed by atoms with E-state index in [1.807, 2.05) is 55.5 Å². The quantitative estimate of drug-likeness (QED) is 0.372. The molecule has 5 nitrogen and oxygen atoms in total. The Morgan fingerprint density at radius 1 is 0.833 bits per heavy atom. The second-order valence-corrected chi connectivity index (χ2v) is 7.86. The molecule has 0 fully saturated rings. The van der Waals surface area contributed by atoms with Crippen LogP contribution in [-0.2, 0) is 0 Å². The number of rotatable bonds is 4. The molecule has 3 aromatic carbocycles. The van der Waals surface area contributed by atoms with Gasteiger partial charge in [-0.05, 0) is 61.9 Å². The minimum Gasteiger partial charge on any atom is -0.451 e. The molecule has 150 valence electrons. The zero-order valence-electron chi connectivity index (χ0n) is 16.5. The van der Waals surface area contributed by atoms with E-state index in [0.29, 0.717) is 28.1 Å². The van der Waals surface area contributed by atoms with Crippen molar-refractivity contribution in [1.29, 1.82) is 0 Å². The van der Waals surface area contributed by atoms with Gasteiger partial charge in [-0.15, -0.1) is 0 Å². The van der Waals surface area contributed by atoms with Crippen LogP contribution in [0.1, 0.15) is 32.0 Å². The maximum absolute atomic E-state index is 12.9. The Bertz CT molecular complexity index is 1260. The highest BCUT2D eigenvalue weighted by atomic mass is 79.9. The van der Waals surface area contributed by atoms with Gasteiger partial charge < -0.3 is 15.1 Å². The standard InChI is InChI=1S/C24H19BrN2O3/c1-14-18(23(28)26-17-7-4-3-5-8-17)9-6-10-20(14)27-24(29)22-15(2)19-13-16(25)11-12-21(19)30-22/h3-13H,1-2H3,(H,26,28)(H,27,29). The first-order chi connectivity index (χ1) is 14.4. The van der Waals surface area contributed by atoms with Gasteiger partial charge in [0.1, 0.15) is 5.58 Å². The van der Waals surface area contributed by atoms with Crippen molar-refractivity contribution in [1.82, 2.24) is 0 Å². The Balaban J connectivity index is 1.59. The lowest BCUT2D eigenvalue weighted by molar-refractivity contribution is 0.0994. The zero-order chi connectivity index (χ0) is 21.3. The SMILES string of the molecule is Cc1c(NC(=O)c2oc3ccc(Br)cc3c2C)cccc1C(=O)Nc1ccccc1. The number of hydrogen-bond donors (Lipinski definition) is 2. The van der Waals surface area contributed by atoms with Gasteiger partial charge >= 0.3 is 0 Å². The summed E-state index contributed by atoms with van der Waals surface area (Å²) in [6.45, 7) is 3.65. The number of nitrogens with one attached hydrogen (secondary N) is 2. The molecule has 0 aliphatic rings. The van der Waals surface area contributed by atoms with Gasteiger partial charge in [0.05, 0.1) is 0 Å². The van der Waals surface area contributed by atoms with Crippen LogP contribution in [0, 0.1) is 13.8 Å². The maximum atomic E-state index is 12.9. The van der Waals surface area contributed by atoms with Crippen molar-refractivity contribution in [2.24, 2.45) is 0 Å². The number of carbonyl (C=O) groups is 2. The van der Waals surface area contributed by atoms with Crippen LogP contribution in [-0.4, -0.2) is 11.8 Å². The van der Waals surface area contributed by atoms with Crippen molar-refractivity contribution in [2.45, 2.75) is 13.8 Å². The number of carbonyl (C=O) groups excluding carboxylic acids is 2. The lowest BCUT2D eigenvalue weighted by Crippen LogP contribution is -2.17. The molecule has 2 N–H and O–H groups in total. The van der Waals surface area contributed by atoms with Crippen molar-refractivity contribution < 1.29 is 14.0 Å². The van der Waals surface area contributed by atoms with Crippen molar-refractivity contribution >= 4 is 50.1 Å². The predicted octanol–water partition coefficient (Wildman–Crippen LogP) is 6.32. The van der Waals surface area contributed by atoms with Gasteiger partial charge in [0, 0.05) is 32.4 Å². The third-order valence-corrected chi connectivity index (χ3v) is 5.46. The summed E-state index contributed by atoms with van der Waals surface area (Å²) in [5.41, 5.74) is 3.84. The molecule has 1 aromatic heterocycles. The van der Waals surface area contributed by atoms with Gasteiger partial charge in [0.15, 0.2) is 5.76 Å². The molecular formula is C24H19BrN2O3. The number of amides is 2. The highest BCUT2D eigenvalue weighted by Crippen LogP contribution is 2.29. The second kappa shape index (κ2) is 8.16. The van der Waals surface area contributed by atoms with Crippen LogP contribution in [0.3, 0.4) is 0 Å². The second-order valence-electron chi connectivity index (χ2n) is 6.95. The third kappa shape index (κ3) is 3.86. The van der Waals surface area contributed by atoms with E-state index in [-0.39, 0.29) is 17.6 Å². The normalized spacial score (nSPS) is 10.8. The lowest BCUT2D eigenvalue weighted by atomic mass is 10.1. The van der Waals surface area contributed by atoms with Crippen molar-refractivity contribution in [3.8, 4) is 0 Å². The molecule has 0 saturated heterocycles. The minimum absolute atomic E-state index is 0.237. The molecule has 0 bridgehead atoms. The third-order valence-electron chi connectivity index (χ3n) is 4.96. The molecule has 0 saturated carbocycles. The van der Waals surface area contributed by atoms with E-state index >= 15 is 0 Å². The van der Waals surface area contributed by atoms with Crippen molar-refractivity contribution in [3.63, 3.8) is 0 Å². The highest BCUT2D eigenvalue weighted by Gasteiger charge is 2.20. The topological polar surface area (TPSA) is 71.3 Å². The fourth-order valence-corrected chi connectivity index (χ4v) is 3.69. The first kappa shape index (κ1) is 19.9. The van der Waals surface area contributed by atoms with Gasteiger partial charge in [-0.2, -0.15) is 0 Å². The summed E-state index contributed by atoms with van der Waals surface area (Å²) in [6, 6.07) is 20.1. The summed E-state index contributed by atoms with van der Waals surface area (Å²) in [7, 11) is 0. The van der Waals surface area contributed by atoms with Crippen LogP contribution < -0.4 is 10.6 Å². The minimum atomic E-state index is -0.358. The summed E-state index contributed by atoms with van der Waals surface area (Å²) < 4.78 is 6.69. The molecule has 2 amide bonds. The Morgan fingerprint density at radius 3 is 2.37 bits per heavy atom.